The molecule has 5 heteroatoms. The van der Waals surface area contributed by atoms with Crippen molar-refractivity contribution >= 4 is 10.8 Å². The Hall–Kier alpha value is -4.09. The molecular weight excluding hydrogens is 431 g/mol. The van der Waals surface area contributed by atoms with E-state index in [4.69, 9.17) is 0 Å². The molecule has 4 rings (SSSR count). The predicted molar refractivity (Wildman–Crippen MR) is 118 cm³/mol. The van der Waals surface area contributed by atoms with Gasteiger partial charge in [0.1, 0.15) is 17.5 Å². The molecule has 33 heavy (non-hydrogen) atoms. The summed E-state index contributed by atoms with van der Waals surface area (Å²) >= 11 is 0. The highest BCUT2D eigenvalue weighted by atomic mass is 19.2. The van der Waals surface area contributed by atoms with E-state index in [0.29, 0.717) is 22.9 Å². The Morgan fingerprint density at radius 2 is 1.27 bits per heavy atom. The number of rotatable bonds is 1. The summed E-state index contributed by atoms with van der Waals surface area (Å²) in [4.78, 5) is 0. The van der Waals surface area contributed by atoms with Crippen molar-refractivity contribution in [1.82, 2.24) is 0 Å². The second-order valence-electron chi connectivity index (χ2n) is 7.28. The van der Waals surface area contributed by atoms with Gasteiger partial charge in [-0.05, 0) is 65.9 Å². The molecule has 0 radical (unpaired) electrons. The molecule has 0 aliphatic heterocycles. The minimum absolute atomic E-state index is 0.0931. The fourth-order valence-corrected chi connectivity index (χ4v) is 3.26. The van der Waals surface area contributed by atoms with Crippen LogP contribution in [0.2, 0.25) is 0 Å². The molecular formula is C28H15F5. The maximum atomic E-state index is 14.5. The van der Waals surface area contributed by atoms with Gasteiger partial charge in [0.15, 0.2) is 11.6 Å². The Morgan fingerprint density at radius 3 is 1.97 bits per heavy atom. The van der Waals surface area contributed by atoms with Gasteiger partial charge in [-0.1, -0.05) is 42.7 Å². The smallest absolute Gasteiger partial charge is 0.166 e. The Morgan fingerprint density at radius 1 is 0.606 bits per heavy atom. The highest BCUT2D eigenvalue weighted by Gasteiger charge is 2.09. The number of aryl methyl sites for hydroxylation is 1. The van der Waals surface area contributed by atoms with E-state index in [1.54, 1.807) is 13.0 Å². The number of hydrogen-bond donors (Lipinski definition) is 0. The fourth-order valence-electron chi connectivity index (χ4n) is 3.26. The second kappa shape index (κ2) is 9.18. The molecule has 0 atom stereocenters. The maximum absolute atomic E-state index is 14.5. The van der Waals surface area contributed by atoms with Crippen LogP contribution < -0.4 is 0 Å². The van der Waals surface area contributed by atoms with E-state index in [-0.39, 0.29) is 22.1 Å². The Kier molecular flexibility index (Phi) is 6.16. The molecule has 0 aliphatic rings. The number of benzene rings is 4. The Bertz CT molecular complexity index is 1490. The first-order chi connectivity index (χ1) is 15.9. The van der Waals surface area contributed by atoms with Crippen LogP contribution in [0, 0.1) is 52.8 Å². The van der Waals surface area contributed by atoms with Gasteiger partial charge in [0, 0.05) is 16.5 Å². The molecule has 0 saturated carbocycles. The maximum Gasteiger partial charge on any atom is 0.166 e. The number of hydrogen-bond acceptors (Lipinski definition) is 0. The summed E-state index contributed by atoms with van der Waals surface area (Å²) < 4.78 is 69.8. The Labute approximate surface area is 187 Å². The Balaban J connectivity index is 1.59. The van der Waals surface area contributed by atoms with Crippen LogP contribution in [-0.4, -0.2) is 0 Å². The van der Waals surface area contributed by atoms with Crippen LogP contribution in [0.5, 0.6) is 0 Å². The van der Waals surface area contributed by atoms with Crippen molar-refractivity contribution in [3.63, 3.8) is 0 Å². The average Bonchev–Trinajstić information content (AvgIpc) is 2.80. The zero-order chi connectivity index (χ0) is 23.5. The van der Waals surface area contributed by atoms with Gasteiger partial charge in [-0.2, -0.15) is 0 Å². The molecule has 0 fully saturated rings. The van der Waals surface area contributed by atoms with Crippen molar-refractivity contribution in [2.45, 2.75) is 13.3 Å². The summed E-state index contributed by atoms with van der Waals surface area (Å²) in [5.74, 6) is 6.42. The normalized spacial score (nSPS) is 10.4. The van der Waals surface area contributed by atoms with E-state index in [9.17, 15) is 22.0 Å². The van der Waals surface area contributed by atoms with Crippen molar-refractivity contribution < 1.29 is 22.0 Å². The SMILES string of the molecule is CCc1cc(F)c(C#Cc2ccc(C#Cc3ccc4c(F)c(F)ccc4c3)c(F)c2)c(F)c1. The zero-order valence-electron chi connectivity index (χ0n) is 17.4. The lowest BCUT2D eigenvalue weighted by molar-refractivity contribution is 0.517. The van der Waals surface area contributed by atoms with E-state index in [1.165, 1.54) is 42.5 Å². The molecule has 0 aromatic heterocycles. The van der Waals surface area contributed by atoms with E-state index in [1.807, 2.05) is 0 Å². The highest BCUT2D eigenvalue weighted by Crippen LogP contribution is 2.21. The summed E-state index contributed by atoms with van der Waals surface area (Å²) in [7, 11) is 0. The van der Waals surface area contributed by atoms with Gasteiger partial charge in [0.2, 0.25) is 0 Å². The van der Waals surface area contributed by atoms with Crippen molar-refractivity contribution in [2.24, 2.45) is 0 Å². The van der Waals surface area contributed by atoms with Gasteiger partial charge in [0.05, 0.1) is 11.1 Å². The summed E-state index contributed by atoms with van der Waals surface area (Å²) in [6.07, 6.45) is 0.490. The molecule has 162 valence electrons. The summed E-state index contributed by atoms with van der Waals surface area (Å²) in [5.41, 5.74) is 0.978. The quantitative estimate of drug-likeness (QED) is 0.220. The molecule has 0 heterocycles. The fraction of sp³-hybridized carbons (Fsp3) is 0.0714. The van der Waals surface area contributed by atoms with E-state index >= 15 is 0 Å². The molecule has 0 N–H and O–H groups in total. The third kappa shape index (κ3) is 4.73. The van der Waals surface area contributed by atoms with Gasteiger partial charge >= 0.3 is 0 Å². The van der Waals surface area contributed by atoms with Crippen molar-refractivity contribution in [3.8, 4) is 23.7 Å². The van der Waals surface area contributed by atoms with Crippen LogP contribution in [0.25, 0.3) is 10.8 Å². The molecule has 0 aliphatic carbocycles. The third-order valence-electron chi connectivity index (χ3n) is 5.06. The molecule has 0 amide bonds. The van der Waals surface area contributed by atoms with E-state index < -0.39 is 29.1 Å². The van der Waals surface area contributed by atoms with Crippen LogP contribution in [0.1, 0.15) is 34.7 Å². The molecule has 0 nitrogen and oxygen atoms in total. The number of halogens is 5. The standard InChI is InChI=1S/C28H15F5/c1-2-17-14-26(31)23(27(32)15-17)11-6-19-4-8-20(25(30)16-19)7-3-18-5-10-22-21(13-18)9-12-24(29)28(22)33/h4-5,8-10,12-16H,2H2,1H3. The highest BCUT2D eigenvalue weighted by molar-refractivity contribution is 5.84. The van der Waals surface area contributed by atoms with Gasteiger partial charge in [-0.25, -0.2) is 22.0 Å². The van der Waals surface area contributed by atoms with E-state index in [0.717, 1.165) is 12.1 Å². The second-order valence-corrected chi connectivity index (χ2v) is 7.28. The minimum Gasteiger partial charge on any atom is -0.206 e. The molecule has 0 unspecified atom stereocenters. The largest absolute Gasteiger partial charge is 0.206 e. The van der Waals surface area contributed by atoms with Gasteiger partial charge < -0.3 is 0 Å². The first-order valence-electron chi connectivity index (χ1n) is 10.0. The number of fused-ring (bicyclic) bond motifs is 1. The summed E-state index contributed by atoms with van der Waals surface area (Å²) in [5, 5.41) is 0.602. The van der Waals surface area contributed by atoms with Crippen molar-refractivity contribution in [1.29, 1.82) is 0 Å². The zero-order valence-corrected chi connectivity index (χ0v) is 17.4. The lowest BCUT2D eigenvalue weighted by Gasteiger charge is -2.01. The minimum atomic E-state index is -0.935. The first-order valence-corrected chi connectivity index (χ1v) is 10.0. The lowest BCUT2D eigenvalue weighted by Crippen LogP contribution is -1.94. The molecule has 0 bridgehead atoms. The van der Waals surface area contributed by atoms with Crippen molar-refractivity contribution in [3.05, 3.63) is 118 Å². The van der Waals surface area contributed by atoms with E-state index in [2.05, 4.69) is 23.7 Å². The predicted octanol–water partition coefficient (Wildman–Crippen LogP) is 6.90. The first kappa shape index (κ1) is 22.1. The van der Waals surface area contributed by atoms with Crippen LogP contribution in [0.4, 0.5) is 22.0 Å². The average molecular weight is 446 g/mol. The molecule has 4 aromatic rings. The van der Waals surface area contributed by atoms with Crippen LogP contribution in [0.3, 0.4) is 0 Å². The molecule has 0 saturated heterocycles. The lowest BCUT2D eigenvalue weighted by atomic mass is 10.1. The van der Waals surface area contributed by atoms with Gasteiger partial charge in [-0.15, -0.1) is 0 Å². The van der Waals surface area contributed by atoms with Crippen molar-refractivity contribution in [2.75, 3.05) is 0 Å². The topological polar surface area (TPSA) is 0 Å². The molecule has 0 spiro atoms. The van der Waals surface area contributed by atoms with Crippen LogP contribution in [-0.2, 0) is 6.42 Å². The van der Waals surface area contributed by atoms with Crippen LogP contribution in [0.15, 0.2) is 60.7 Å². The molecule has 4 aromatic carbocycles. The summed E-state index contributed by atoms with van der Waals surface area (Å²) in [6, 6.07) is 13.5. The van der Waals surface area contributed by atoms with Gasteiger partial charge in [0.25, 0.3) is 0 Å². The van der Waals surface area contributed by atoms with Crippen LogP contribution >= 0.6 is 0 Å². The monoisotopic (exact) mass is 446 g/mol. The van der Waals surface area contributed by atoms with Gasteiger partial charge in [-0.3, -0.25) is 0 Å². The third-order valence-corrected chi connectivity index (χ3v) is 5.06. The summed E-state index contributed by atoms with van der Waals surface area (Å²) in [6.45, 7) is 1.79.